The minimum absolute atomic E-state index is 0.0682. The number of alkyl carbamates (subject to hydrolysis) is 1. The summed E-state index contributed by atoms with van der Waals surface area (Å²) in [6.45, 7) is 0.288. The van der Waals surface area contributed by atoms with E-state index in [-0.39, 0.29) is 19.1 Å². The molecule has 2 N–H and O–H groups in total. The number of hydrogen-bond donors (Lipinski definition) is 2. The quantitative estimate of drug-likeness (QED) is 0.545. The summed E-state index contributed by atoms with van der Waals surface area (Å²) in [4.78, 5) is 38.0. The molecule has 4 rings (SSSR count). The van der Waals surface area contributed by atoms with Gasteiger partial charge in [-0.3, -0.25) is 9.59 Å². The summed E-state index contributed by atoms with van der Waals surface area (Å²) < 4.78 is 10.5. The monoisotopic (exact) mass is 448 g/mol. The van der Waals surface area contributed by atoms with Crippen LogP contribution in [0, 0.1) is 0 Å². The number of likely N-dealkylation sites (N-methyl/N-ethyl adjacent to an activating group) is 1. The summed E-state index contributed by atoms with van der Waals surface area (Å²) in [5.74, 6) is -1.88. The number of nitrogens with one attached hydrogen (secondary N) is 1. The van der Waals surface area contributed by atoms with Crippen molar-refractivity contribution in [3.8, 4) is 11.1 Å². The minimum Gasteiger partial charge on any atom is -0.481 e. The first-order chi connectivity index (χ1) is 15.9. The zero-order valence-electron chi connectivity index (χ0n) is 18.1. The molecule has 1 aromatic heterocycles. The van der Waals surface area contributed by atoms with Crippen molar-refractivity contribution in [3.63, 3.8) is 0 Å². The Morgan fingerprint density at radius 2 is 1.70 bits per heavy atom. The van der Waals surface area contributed by atoms with Crippen LogP contribution in [0.3, 0.4) is 0 Å². The number of carboxylic acids is 1. The highest BCUT2D eigenvalue weighted by atomic mass is 16.5. The van der Waals surface area contributed by atoms with Crippen LogP contribution in [0.15, 0.2) is 71.5 Å². The molecule has 0 spiro atoms. The lowest BCUT2D eigenvalue weighted by atomic mass is 9.98. The number of ether oxygens (including phenoxy) is 1. The van der Waals surface area contributed by atoms with Crippen LogP contribution in [0.25, 0.3) is 11.1 Å². The largest absolute Gasteiger partial charge is 0.481 e. The number of furan rings is 1. The summed E-state index contributed by atoms with van der Waals surface area (Å²) in [7, 11) is 1.53. The Bertz CT molecular complexity index is 1110. The summed E-state index contributed by atoms with van der Waals surface area (Å²) in [5, 5.41) is 11.7. The van der Waals surface area contributed by atoms with Gasteiger partial charge >= 0.3 is 12.1 Å². The second kappa shape index (κ2) is 9.60. The number of carboxylic acid groups (broad SMARTS) is 1. The van der Waals surface area contributed by atoms with E-state index < -0.39 is 30.4 Å². The van der Waals surface area contributed by atoms with E-state index in [9.17, 15) is 19.5 Å². The van der Waals surface area contributed by atoms with Crippen molar-refractivity contribution in [3.05, 3.63) is 83.8 Å². The summed E-state index contributed by atoms with van der Waals surface area (Å²) in [6.07, 6.45) is 1.58. The number of amides is 2. The summed E-state index contributed by atoms with van der Waals surface area (Å²) in [6, 6.07) is 16.3. The van der Waals surface area contributed by atoms with Crippen molar-refractivity contribution >= 4 is 18.0 Å². The highest BCUT2D eigenvalue weighted by Crippen LogP contribution is 2.44. The molecule has 8 heteroatoms. The van der Waals surface area contributed by atoms with E-state index in [1.807, 2.05) is 48.5 Å². The fourth-order valence-electron chi connectivity index (χ4n) is 4.16. The van der Waals surface area contributed by atoms with Gasteiger partial charge in [0.1, 0.15) is 12.6 Å². The van der Waals surface area contributed by atoms with Gasteiger partial charge in [-0.05, 0) is 28.3 Å². The van der Waals surface area contributed by atoms with Gasteiger partial charge in [0.15, 0.2) is 0 Å². The molecule has 2 aromatic carbocycles. The highest BCUT2D eigenvalue weighted by molar-refractivity contribution is 5.89. The Kier molecular flexibility index (Phi) is 6.44. The lowest BCUT2D eigenvalue weighted by Gasteiger charge is -2.23. The van der Waals surface area contributed by atoms with Crippen LogP contribution in [0.1, 0.15) is 29.0 Å². The van der Waals surface area contributed by atoms with Gasteiger partial charge < -0.3 is 24.5 Å². The summed E-state index contributed by atoms with van der Waals surface area (Å²) >= 11 is 0. The van der Waals surface area contributed by atoms with E-state index in [1.54, 1.807) is 6.07 Å². The maximum Gasteiger partial charge on any atom is 0.407 e. The van der Waals surface area contributed by atoms with E-state index in [2.05, 4.69) is 5.32 Å². The fourth-order valence-corrected chi connectivity index (χ4v) is 4.16. The Hall–Kier alpha value is -4.07. The van der Waals surface area contributed by atoms with Gasteiger partial charge in [0.25, 0.3) is 0 Å². The lowest BCUT2D eigenvalue weighted by molar-refractivity contribution is -0.142. The molecular formula is C25H24N2O6. The Labute approximate surface area is 190 Å². The first kappa shape index (κ1) is 22.1. The Balaban J connectivity index is 1.42. The van der Waals surface area contributed by atoms with Gasteiger partial charge in [0, 0.05) is 25.1 Å². The van der Waals surface area contributed by atoms with Crippen molar-refractivity contribution in [2.45, 2.75) is 24.9 Å². The van der Waals surface area contributed by atoms with Crippen LogP contribution in [0.5, 0.6) is 0 Å². The first-order valence-electron chi connectivity index (χ1n) is 10.5. The van der Waals surface area contributed by atoms with Crippen LogP contribution in [-0.2, 0) is 20.9 Å². The highest BCUT2D eigenvalue weighted by Gasteiger charge is 2.31. The molecular weight excluding hydrogens is 424 g/mol. The van der Waals surface area contributed by atoms with Crippen molar-refractivity contribution in [1.29, 1.82) is 0 Å². The number of carbonyl (C=O) groups is 3. The van der Waals surface area contributed by atoms with Gasteiger partial charge in [-0.2, -0.15) is 0 Å². The number of rotatable bonds is 8. The molecule has 1 unspecified atom stereocenters. The van der Waals surface area contributed by atoms with Gasteiger partial charge in [-0.15, -0.1) is 0 Å². The smallest absolute Gasteiger partial charge is 0.407 e. The van der Waals surface area contributed by atoms with Gasteiger partial charge in [-0.1, -0.05) is 48.5 Å². The average molecular weight is 448 g/mol. The molecule has 0 aliphatic heterocycles. The van der Waals surface area contributed by atoms with Crippen molar-refractivity contribution in [2.24, 2.45) is 0 Å². The number of benzene rings is 2. The maximum absolute atomic E-state index is 12.8. The van der Waals surface area contributed by atoms with E-state index >= 15 is 0 Å². The number of aliphatic carboxylic acids is 1. The van der Waals surface area contributed by atoms with Crippen molar-refractivity contribution in [1.82, 2.24) is 10.2 Å². The van der Waals surface area contributed by atoms with Crippen LogP contribution < -0.4 is 5.32 Å². The molecule has 0 fully saturated rings. The molecule has 170 valence electrons. The molecule has 2 amide bonds. The molecule has 0 radical (unpaired) electrons. The predicted molar refractivity (Wildman–Crippen MR) is 119 cm³/mol. The third kappa shape index (κ3) is 4.90. The molecule has 8 nitrogen and oxygen atoms in total. The predicted octanol–water partition coefficient (Wildman–Crippen LogP) is 3.62. The molecule has 1 aliphatic rings. The number of hydrogen-bond acceptors (Lipinski definition) is 5. The van der Waals surface area contributed by atoms with Crippen LogP contribution >= 0.6 is 0 Å². The standard InChI is InChI=1S/C25H24N2O6/c1-27(13-16-10-11-32-14-16)24(30)22(12-23(28)29)26-25(31)33-15-21-19-8-4-2-6-17(19)18-7-3-5-9-20(18)21/h2-11,14,21-22H,12-13,15H2,1H3,(H,26,31)(H,28,29). The SMILES string of the molecule is CN(Cc1ccoc1)C(=O)C(CC(=O)O)NC(=O)OCC1c2ccccc2-c2ccccc21. The third-order valence-electron chi connectivity index (χ3n) is 5.69. The van der Waals surface area contributed by atoms with Gasteiger partial charge in [0.05, 0.1) is 18.9 Å². The molecule has 3 aromatic rings. The number of fused-ring (bicyclic) bond motifs is 3. The molecule has 1 atom stereocenters. The molecule has 0 saturated heterocycles. The van der Waals surface area contributed by atoms with E-state index in [4.69, 9.17) is 9.15 Å². The topological polar surface area (TPSA) is 109 Å². The maximum atomic E-state index is 12.8. The normalized spacial score (nSPS) is 13.0. The summed E-state index contributed by atoms with van der Waals surface area (Å²) in [5.41, 5.74) is 5.07. The van der Waals surface area contributed by atoms with E-state index in [1.165, 1.54) is 24.5 Å². The molecule has 0 bridgehead atoms. The fraction of sp³-hybridized carbons (Fsp3) is 0.240. The lowest BCUT2D eigenvalue weighted by Crippen LogP contribution is -2.48. The zero-order chi connectivity index (χ0) is 23.4. The van der Waals surface area contributed by atoms with E-state index in [0.717, 1.165) is 27.8 Å². The second-order valence-electron chi connectivity index (χ2n) is 7.95. The molecule has 1 heterocycles. The van der Waals surface area contributed by atoms with Crippen molar-refractivity contribution < 1.29 is 28.6 Å². The van der Waals surface area contributed by atoms with Crippen molar-refractivity contribution in [2.75, 3.05) is 13.7 Å². The molecule has 0 saturated carbocycles. The minimum atomic E-state index is -1.25. The average Bonchev–Trinajstić information content (AvgIpc) is 3.42. The Morgan fingerprint density at radius 3 is 2.27 bits per heavy atom. The number of carbonyl (C=O) groups excluding carboxylic acids is 2. The second-order valence-corrected chi connectivity index (χ2v) is 7.95. The third-order valence-corrected chi connectivity index (χ3v) is 5.69. The molecule has 1 aliphatic carbocycles. The number of nitrogens with zero attached hydrogens (tertiary/aromatic N) is 1. The van der Waals surface area contributed by atoms with E-state index in [0.29, 0.717) is 0 Å². The molecule has 33 heavy (non-hydrogen) atoms. The first-order valence-corrected chi connectivity index (χ1v) is 10.5. The van der Waals surface area contributed by atoms with Gasteiger partial charge in [-0.25, -0.2) is 4.79 Å². The van der Waals surface area contributed by atoms with Crippen LogP contribution in [0.4, 0.5) is 4.79 Å². The van der Waals surface area contributed by atoms with Crippen LogP contribution in [-0.4, -0.2) is 47.7 Å². The van der Waals surface area contributed by atoms with Crippen LogP contribution in [0.2, 0.25) is 0 Å². The van der Waals surface area contributed by atoms with Gasteiger partial charge in [0.2, 0.25) is 5.91 Å². The Morgan fingerprint density at radius 1 is 1.06 bits per heavy atom. The zero-order valence-corrected chi connectivity index (χ0v) is 18.1.